The highest BCUT2D eigenvalue weighted by Gasteiger charge is 2.12. The zero-order chi connectivity index (χ0) is 12.1. The van der Waals surface area contributed by atoms with Crippen molar-refractivity contribution in [3.05, 3.63) is 29.8 Å². The van der Waals surface area contributed by atoms with E-state index in [1.807, 2.05) is 0 Å². The average Bonchev–Trinajstić information content (AvgIpc) is 2.37. The second-order valence-corrected chi connectivity index (χ2v) is 5.20. The monoisotopic (exact) mass is 232 g/mol. The third-order valence-corrected chi connectivity index (χ3v) is 3.67. The molecule has 0 saturated carbocycles. The Bertz CT molecular complexity index is 343. The van der Waals surface area contributed by atoms with Crippen LogP contribution in [-0.2, 0) is 0 Å². The lowest BCUT2D eigenvalue weighted by Gasteiger charge is -2.27. The molecule has 2 heteroatoms. The summed E-state index contributed by atoms with van der Waals surface area (Å²) in [5.41, 5.74) is 2.67. The van der Waals surface area contributed by atoms with Gasteiger partial charge in [-0.05, 0) is 50.4 Å². The molecular weight excluding hydrogens is 208 g/mol. The summed E-state index contributed by atoms with van der Waals surface area (Å²) in [7, 11) is 2.19. The van der Waals surface area contributed by atoms with Gasteiger partial charge in [-0.3, -0.25) is 0 Å². The first-order chi connectivity index (χ1) is 8.25. The molecule has 0 aromatic heterocycles. The van der Waals surface area contributed by atoms with Gasteiger partial charge in [-0.25, -0.2) is 0 Å². The fourth-order valence-electron chi connectivity index (χ4n) is 2.51. The second-order valence-electron chi connectivity index (χ2n) is 5.20. The van der Waals surface area contributed by atoms with Crippen LogP contribution in [0.4, 0.5) is 5.69 Å². The van der Waals surface area contributed by atoms with Gasteiger partial charge < -0.3 is 10.2 Å². The van der Waals surface area contributed by atoms with Crippen molar-refractivity contribution in [2.24, 2.45) is 0 Å². The highest BCUT2D eigenvalue weighted by Crippen LogP contribution is 2.16. The van der Waals surface area contributed by atoms with Gasteiger partial charge in [-0.15, -0.1) is 0 Å². The summed E-state index contributed by atoms with van der Waals surface area (Å²) in [6.07, 6.45) is 5.35. The largest absolute Gasteiger partial charge is 0.375 e. The molecule has 94 valence electrons. The van der Waals surface area contributed by atoms with Gasteiger partial charge in [0.1, 0.15) is 0 Å². The molecule has 1 heterocycles. The van der Waals surface area contributed by atoms with E-state index in [9.17, 15) is 0 Å². The van der Waals surface area contributed by atoms with Crippen LogP contribution in [0.2, 0.25) is 0 Å². The maximum atomic E-state index is 3.61. The lowest BCUT2D eigenvalue weighted by Crippen LogP contribution is -2.36. The number of nitrogens with one attached hydrogen (secondary N) is 1. The minimum absolute atomic E-state index is 0.732. The molecule has 2 nitrogen and oxygen atoms in total. The molecule has 17 heavy (non-hydrogen) atoms. The van der Waals surface area contributed by atoms with Gasteiger partial charge in [0.25, 0.3) is 0 Å². The number of hydrogen-bond acceptors (Lipinski definition) is 2. The molecular formula is C15H24N2. The molecule has 1 N–H and O–H groups in total. The lowest BCUT2D eigenvalue weighted by atomic mass is 10.0. The smallest absolute Gasteiger partial charge is 0.0366 e. The van der Waals surface area contributed by atoms with E-state index in [2.05, 4.69) is 48.5 Å². The molecule has 1 aromatic carbocycles. The zero-order valence-electron chi connectivity index (χ0n) is 11.1. The Labute approximate surface area is 105 Å². The van der Waals surface area contributed by atoms with Crippen LogP contribution in [0.25, 0.3) is 0 Å². The standard InChI is InChI=1S/C15H24N2/c1-13-6-5-8-15(12-13)17(2)11-9-14-7-3-4-10-16-14/h5-6,8,12,14,16H,3-4,7,9-11H2,1-2H3. The fourth-order valence-corrected chi connectivity index (χ4v) is 2.51. The summed E-state index contributed by atoms with van der Waals surface area (Å²) in [5.74, 6) is 0. The van der Waals surface area contributed by atoms with Crippen LogP contribution in [0.3, 0.4) is 0 Å². The molecule has 2 rings (SSSR count). The van der Waals surface area contributed by atoms with Crippen molar-refractivity contribution in [2.75, 3.05) is 25.0 Å². The van der Waals surface area contributed by atoms with Crippen molar-refractivity contribution in [1.29, 1.82) is 0 Å². The molecule has 1 aliphatic rings. The summed E-state index contributed by atoms with van der Waals surface area (Å²) < 4.78 is 0. The van der Waals surface area contributed by atoms with Gasteiger partial charge in [-0.1, -0.05) is 18.6 Å². The highest BCUT2D eigenvalue weighted by molar-refractivity contribution is 5.47. The van der Waals surface area contributed by atoms with Crippen LogP contribution in [-0.4, -0.2) is 26.2 Å². The van der Waals surface area contributed by atoms with E-state index in [4.69, 9.17) is 0 Å². The van der Waals surface area contributed by atoms with Crippen LogP contribution >= 0.6 is 0 Å². The first kappa shape index (κ1) is 12.4. The SMILES string of the molecule is Cc1cccc(N(C)CCC2CCCCN2)c1. The van der Waals surface area contributed by atoms with Crippen LogP contribution in [0.5, 0.6) is 0 Å². The van der Waals surface area contributed by atoms with Crippen LogP contribution in [0.1, 0.15) is 31.2 Å². The summed E-state index contributed by atoms with van der Waals surface area (Å²) in [5, 5.41) is 3.61. The van der Waals surface area contributed by atoms with Crippen molar-refractivity contribution in [1.82, 2.24) is 5.32 Å². The number of anilines is 1. The Morgan fingerprint density at radius 3 is 2.94 bits per heavy atom. The first-order valence-electron chi connectivity index (χ1n) is 6.77. The zero-order valence-corrected chi connectivity index (χ0v) is 11.1. The van der Waals surface area contributed by atoms with E-state index in [0.717, 1.165) is 12.6 Å². The van der Waals surface area contributed by atoms with Crippen molar-refractivity contribution >= 4 is 5.69 Å². The van der Waals surface area contributed by atoms with Gasteiger partial charge in [0.15, 0.2) is 0 Å². The van der Waals surface area contributed by atoms with E-state index < -0.39 is 0 Å². The van der Waals surface area contributed by atoms with E-state index in [-0.39, 0.29) is 0 Å². The van der Waals surface area contributed by atoms with E-state index in [1.54, 1.807) is 0 Å². The number of nitrogens with zero attached hydrogens (tertiary/aromatic N) is 1. The molecule has 0 amide bonds. The van der Waals surface area contributed by atoms with Crippen molar-refractivity contribution < 1.29 is 0 Å². The van der Waals surface area contributed by atoms with Gasteiger partial charge >= 0.3 is 0 Å². The molecule has 0 spiro atoms. The Morgan fingerprint density at radius 1 is 1.35 bits per heavy atom. The molecule has 0 bridgehead atoms. The number of benzene rings is 1. The Morgan fingerprint density at radius 2 is 2.24 bits per heavy atom. The van der Waals surface area contributed by atoms with Gasteiger partial charge in [-0.2, -0.15) is 0 Å². The number of piperidine rings is 1. The third-order valence-electron chi connectivity index (χ3n) is 3.67. The molecule has 0 aliphatic carbocycles. The first-order valence-corrected chi connectivity index (χ1v) is 6.77. The molecule has 1 saturated heterocycles. The van der Waals surface area contributed by atoms with Gasteiger partial charge in [0, 0.05) is 25.3 Å². The van der Waals surface area contributed by atoms with Crippen LogP contribution in [0.15, 0.2) is 24.3 Å². The van der Waals surface area contributed by atoms with E-state index in [1.165, 1.54) is 43.5 Å². The summed E-state index contributed by atoms with van der Waals surface area (Å²) in [6, 6.07) is 9.48. The summed E-state index contributed by atoms with van der Waals surface area (Å²) >= 11 is 0. The van der Waals surface area contributed by atoms with Crippen molar-refractivity contribution in [3.63, 3.8) is 0 Å². The third kappa shape index (κ3) is 3.74. The Kier molecular flexibility index (Phi) is 4.43. The van der Waals surface area contributed by atoms with Crippen molar-refractivity contribution in [3.8, 4) is 0 Å². The molecule has 1 unspecified atom stereocenters. The van der Waals surface area contributed by atoms with Crippen molar-refractivity contribution in [2.45, 2.75) is 38.6 Å². The Hall–Kier alpha value is -1.02. The molecule has 0 radical (unpaired) electrons. The molecule has 1 aliphatic heterocycles. The van der Waals surface area contributed by atoms with Crippen LogP contribution in [0, 0.1) is 6.92 Å². The molecule has 1 fully saturated rings. The molecule has 1 atom stereocenters. The normalized spacial score (nSPS) is 20.2. The summed E-state index contributed by atoms with van der Waals surface area (Å²) in [4.78, 5) is 2.36. The van der Waals surface area contributed by atoms with E-state index >= 15 is 0 Å². The maximum Gasteiger partial charge on any atom is 0.0366 e. The quantitative estimate of drug-likeness (QED) is 0.858. The minimum Gasteiger partial charge on any atom is -0.375 e. The average molecular weight is 232 g/mol. The number of aryl methyl sites for hydroxylation is 1. The Balaban J connectivity index is 1.82. The minimum atomic E-state index is 0.732. The van der Waals surface area contributed by atoms with E-state index in [0.29, 0.717) is 0 Å². The predicted octanol–water partition coefficient (Wildman–Crippen LogP) is 2.96. The number of rotatable bonds is 4. The van der Waals surface area contributed by atoms with Crippen LogP contribution < -0.4 is 10.2 Å². The second kappa shape index (κ2) is 6.06. The lowest BCUT2D eigenvalue weighted by molar-refractivity contribution is 0.384. The summed E-state index contributed by atoms with van der Waals surface area (Å²) in [6.45, 7) is 4.50. The highest BCUT2D eigenvalue weighted by atomic mass is 15.1. The fraction of sp³-hybridized carbons (Fsp3) is 0.600. The maximum absolute atomic E-state index is 3.61. The predicted molar refractivity (Wildman–Crippen MR) is 74.7 cm³/mol. The number of hydrogen-bond donors (Lipinski definition) is 1. The topological polar surface area (TPSA) is 15.3 Å². The van der Waals surface area contributed by atoms with Gasteiger partial charge in [0.2, 0.25) is 0 Å². The van der Waals surface area contributed by atoms with Gasteiger partial charge in [0.05, 0.1) is 0 Å². The molecule has 1 aromatic rings.